The van der Waals surface area contributed by atoms with Gasteiger partial charge in [0.15, 0.2) is 0 Å². The van der Waals surface area contributed by atoms with Gasteiger partial charge in [-0.15, -0.1) is 0 Å². The van der Waals surface area contributed by atoms with Gasteiger partial charge in [-0.25, -0.2) is 8.78 Å². The predicted molar refractivity (Wildman–Crippen MR) is 232 cm³/mol. The van der Waals surface area contributed by atoms with E-state index >= 15 is 8.78 Å². The van der Waals surface area contributed by atoms with Crippen molar-refractivity contribution in [1.82, 2.24) is 0 Å². The number of aryl methyl sites for hydroxylation is 4. The average Bonchev–Trinajstić information content (AvgIpc) is 3.19. The quantitative estimate of drug-likeness (QED) is 0.168. The summed E-state index contributed by atoms with van der Waals surface area (Å²) in [4.78, 5) is 4.31. The Morgan fingerprint density at radius 2 is 0.732 bits per heavy atom. The molecule has 0 radical (unpaired) electrons. The molecular weight excluding hydrogens is 691 g/mol. The highest BCUT2D eigenvalue weighted by Gasteiger charge is 2.21. The molecule has 0 saturated carbocycles. The summed E-state index contributed by atoms with van der Waals surface area (Å²) in [5.74, 6) is -0.457. The number of hydrogen-bond donors (Lipinski definition) is 0. The molecule has 6 aromatic rings. The first-order valence-corrected chi connectivity index (χ1v) is 19.0. The molecule has 4 heteroatoms. The topological polar surface area (TPSA) is 6.48 Å². The van der Waals surface area contributed by atoms with Gasteiger partial charge >= 0.3 is 0 Å². The number of hydrogen-bond acceptors (Lipinski definition) is 2. The molecule has 0 spiro atoms. The third kappa shape index (κ3) is 6.73. The van der Waals surface area contributed by atoms with Crippen molar-refractivity contribution in [2.75, 3.05) is 9.80 Å². The highest BCUT2D eigenvalue weighted by atomic mass is 19.1. The summed E-state index contributed by atoms with van der Waals surface area (Å²) in [6.45, 7) is 12.7. The highest BCUT2D eigenvalue weighted by molar-refractivity contribution is 5.84. The minimum Gasteiger partial charge on any atom is -0.323 e. The first-order chi connectivity index (χ1) is 27.1. The normalized spacial score (nSPS) is 13.6. The molecule has 2 aliphatic rings. The summed E-state index contributed by atoms with van der Waals surface area (Å²) in [6, 6.07) is 34.9. The molecule has 276 valence electrons. The summed E-state index contributed by atoms with van der Waals surface area (Å²) in [5, 5.41) is 0. The van der Waals surface area contributed by atoms with E-state index in [9.17, 15) is 0 Å². The lowest BCUT2D eigenvalue weighted by molar-refractivity contribution is 0.631. The molecule has 0 aliphatic carbocycles. The zero-order chi connectivity index (χ0) is 39.1. The Morgan fingerprint density at radius 1 is 0.375 bits per heavy atom. The van der Waals surface area contributed by atoms with Crippen LogP contribution >= 0.6 is 0 Å². The van der Waals surface area contributed by atoms with Crippen molar-refractivity contribution in [2.24, 2.45) is 0 Å². The molecule has 0 saturated heterocycles. The fourth-order valence-corrected chi connectivity index (χ4v) is 8.61. The number of halogens is 2. The molecule has 2 nitrogen and oxygen atoms in total. The van der Waals surface area contributed by atoms with Gasteiger partial charge in [0.25, 0.3) is 0 Å². The average molecular weight is 735 g/mol. The molecule has 0 amide bonds. The van der Waals surface area contributed by atoms with Gasteiger partial charge in [0.2, 0.25) is 0 Å². The maximum absolute atomic E-state index is 15.5. The first-order valence-electron chi connectivity index (χ1n) is 19.0. The van der Waals surface area contributed by atoms with Crippen LogP contribution in [0.25, 0.3) is 44.5 Å². The van der Waals surface area contributed by atoms with E-state index in [1.165, 1.54) is 0 Å². The molecule has 0 fully saturated rings. The van der Waals surface area contributed by atoms with E-state index in [1.54, 1.807) is 12.1 Å². The van der Waals surface area contributed by atoms with E-state index in [0.29, 0.717) is 11.1 Å². The monoisotopic (exact) mass is 734 g/mol. The minimum atomic E-state index is -0.229. The van der Waals surface area contributed by atoms with Crippen molar-refractivity contribution in [3.63, 3.8) is 0 Å². The van der Waals surface area contributed by atoms with E-state index in [4.69, 9.17) is 0 Å². The Kier molecular flexibility index (Phi) is 9.74. The Hall–Kier alpha value is -6.52. The van der Waals surface area contributed by atoms with Crippen LogP contribution in [0.5, 0.6) is 0 Å². The van der Waals surface area contributed by atoms with Gasteiger partial charge in [0, 0.05) is 35.9 Å². The molecule has 56 heavy (non-hydrogen) atoms. The second-order valence-electron chi connectivity index (χ2n) is 14.8. The van der Waals surface area contributed by atoms with Crippen molar-refractivity contribution in [1.29, 1.82) is 0 Å². The Bertz CT molecular complexity index is 2440. The van der Waals surface area contributed by atoms with Gasteiger partial charge in [-0.3, -0.25) is 0 Å². The van der Waals surface area contributed by atoms with Gasteiger partial charge < -0.3 is 9.80 Å². The smallest absolute Gasteiger partial charge is 0.131 e. The summed E-state index contributed by atoms with van der Waals surface area (Å²) in [5.41, 5.74) is 17.9. The molecule has 6 aromatic carbocycles. The fraction of sp³-hybridized carbons (Fsp3) is 0.115. The van der Waals surface area contributed by atoms with Crippen molar-refractivity contribution >= 4 is 11.4 Å². The van der Waals surface area contributed by atoms with Crippen LogP contribution in [0, 0.1) is 53.2 Å². The van der Waals surface area contributed by atoms with Crippen LogP contribution < -0.4 is 9.80 Å². The second kappa shape index (κ2) is 15.0. The van der Waals surface area contributed by atoms with E-state index in [2.05, 4.69) is 113 Å². The van der Waals surface area contributed by atoms with Crippen LogP contribution in [-0.4, -0.2) is 0 Å². The molecular formula is C52H44F2N2. The third-order valence-corrected chi connectivity index (χ3v) is 11.1. The van der Waals surface area contributed by atoms with Gasteiger partial charge in [0.1, 0.15) is 11.6 Å². The van der Waals surface area contributed by atoms with Crippen molar-refractivity contribution in [3.8, 4) is 44.5 Å². The van der Waals surface area contributed by atoms with E-state index in [1.807, 2.05) is 84.9 Å². The van der Waals surface area contributed by atoms with Crippen molar-refractivity contribution < 1.29 is 8.78 Å². The van der Waals surface area contributed by atoms with Gasteiger partial charge in [-0.05, 0) is 156 Å². The van der Waals surface area contributed by atoms with Crippen LogP contribution in [0.15, 0.2) is 169 Å². The molecule has 0 N–H and O–H groups in total. The maximum atomic E-state index is 15.5. The standard InChI is InChI=1S/C52H44F2N2/c1-33-29-35(3)51(37(5)49(33)43-17-19-45(47(53)31-43)41-13-9-7-10-14-41)55-25-21-39(22-26-55)40-23-27-56(28-24-40)52-36(4)30-34(2)50(38(52)6)44-18-20-46(48(54)32-44)42-15-11-8-12-16-42/h7-32H,1-6H3. The number of benzene rings is 6. The van der Waals surface area contributed by atoms with E-state index < -0.39 is 0 Å². The van der Waals surface area contributed by atoms with Crippen LogP contribution in [0.2, 0.25) is 0 Å². The lowest BCUT2D eigenvalue weighted by Gasteiger charge is -2.28. The highest BCUT2D eigenvalue weighted by Crippen LogP contribution is 2.41. The van der Waals surface area contributed by atoms with Crippen LogP contribution in [0.1, 0.15) is 33.4 Å². The van der Waals surface area contributed by atoms with Crippen molar-refractivity contribution in [2.45, 2.75) is 41.5 Å². The van der Waals surface area contributed by atoms with Crippen molar-refractivity contribution in [3.05, 3.63) is 214 Å². The molecule has 0 aromatic heterocycles. The van der Waals surface area contributed by atoms with Crippen LogP contribution in [0.3, 0.4) is 0 Å². The Labute approximate surface area is 329 Å². The number of allylic oxidation sites excluding steroid dienone is 6. The first kappa shape index (κ1) is 36.5. The largest absolute Gasteiger partial charge is 0.323 e. The van der Waals surface area contributed by atoms with Gasteiger partial charge in [-0.1, -0.05) is 97.1 Å². The van der Waals surface area contributed by atoms with Crippen LogP contribution in [-0.2, 0) is 0 Å². The third-order valence-electron chi connectivity index (χ3n) is 11.1. The lowest BCUT2D eigenvalue weighted by Crippen LogP contribution is -2.15. The molecule has 2 aliphatic heterocycles. The SMILES string of the molecule is Cc1cc(C)c(N2C=CC(=C3C=CN(c4c(C)cc(C)c(-c5ccc(-c6ccccc6)c(F)c5)c4C)C=C3)C=C2)c(C)c1-c1ccc(-c2ccccc2)c(F)c1. The van der Waals surface area contributed by atoms with Gasteiger partial charge in [-0.2, -0.15) is 0 Å². The molecule has 0 bridgehead atoms. The minimum absolute atomic E-state index is 0.229. The van der Waals surface area contributed by atoms with Gasteiger partial charge in [0.05, 0.1) is 11.4 Å². The molecule has 8 rings (SSSR count). The summed E-state index contributed by atoms with van der Waals surface area (Å²) >= 11 is 0. The zero-order valence-electron chi connectivity index (χ0n) is 32.7. The second-order valence-corrected chi connectivity index (χ2v) is 14.8. The summed E-state index contributed by atoms with van der Waals surface area (Å²) < 4.78 is 31.0. The molecule has 0 unspecified atom stereocenters. The molecule has 2 heterocycles. The number of anilines is 2. The predicted octanol–water partition coefficient (Wildman–Crippen LogP) is 14.2. The summed E-state index contributed by atoms with van der Waals surface area (Å²) in [7, 11) is 0. The number of nitrogens with zero attached hydrogens (tertiary/aromatic N) is 2. The van der Waals surface area contributed by atoms with E-state index in [0.717, 1.165) is 89.3 Å². The number of rotatable bonds is 6. The molecule has 0 atom stereocenters. The maximum Gasteiger partial charge on any atom is 0.131 e. The Morgan fingerprint density at radius 3 is 1.07 bits per heavy atom. The zero-order valence-corrected chi connectivity index (χ0v) is 32.7. The Balaban J connectivity index is 1.04. The summed E-state index contributed by atoms with van der Waals surface area (Å²) in [6.07, 6.45) is 17.0. The van der Waals surface area contributed by atoms with Crippen LogP contribution in [0.4, 0.5) is 20.2 Å². The van der Waals surface area contributed by atoms with E-state index in [-0.39, 0.29) is 11.6 Å². The fourth-order valence-electron chi connectivity index (χ4n) is 8.61. The lowest BCUT2D eigenvalue weighted by atomic mass is 9.90.